The van der Waals surface area contributed by atoms with E-state index in [0.29, 0.717) is 23.4 Å². The maximum absolute atomic E-state index is 12.3. The summed E-state index contributed by atoms with van der Waals surface area (Å²) in [4.78, 5) is 26.1. The van der Waals surface area contributed by atoms with Crippen molar-refractivity contribution in [2.45, 2.75) is 45.4 Å². The summed E-state index contributed by atoms with van der Waals surface area (Å²) in [7, 11) is 1.73. The van der Waals surface area contributed by atoms with Crippen LogP contribution in [0.25, 0.3) is 0 Å². The van der Waals surface area contributed by atoms with Gasteiger partial charge in [0.05, 0.1) is 5.56 Å². The first-order chi connectivity index (χ1) is 12.7. The van der Waals surface area contributed by atoms with Gasteiger partial charge in [-0.1, -0.05) is 39.0 Å². The number of hydrogen-bond donors (Lipinski definition) is 1. The van der Waals surface area contributed by atoms with E-state index in [1.165, 1.54) is 11.3 Å². The predicted octanol–water partition coefficient (Wildman–Crippen LogP) is 4.69. The molecule has 0 aliphatic rings. The molecule has 0 fully saturated rings. The Morgan fingerprint density at radius 3 is 2.44 bits per heavy atom. The molecule has 1 N–H and O–H groups in total. The van der Waals surface area contributed by atoms with Crippen molar-refractivity contribution in [1.29, 1.82) is 5.26 Å². The van der Waals surface area contributed by atoms with Crippen molar-refractivity contribution in [3.63, 3.8) is 0 Å². The third kappa shape index (κ3) is 5.41. The van der Waals surface area contributed by atoms with Gasteiger partial charge in [0.25, 0.3) is 0 Å². The second-order valence-corrected chi connectivity index (χ2v) is 8.28. The summed E-state index contributed by atoms with van der Waals surface area (Å²) in [6.45, 7) is 6.11. The monoisotopic (exact) mass is 383 g/mol. The van der Waals surface area contributed by atoms with Crippen molar-refractivity contribution in [3.8, 4) is 6.07 Å². The SMILES string of the molecule is CN(C(=O)CCCC(=O)Nc1scc(C(C)(C)C)c1C#N)c1ccccc1. The van der Waals surface area contributed by atoms with Crippen molar-refractivity contribution < 1.29 is 9.59 Å². The Hall–Kier alpha value is -2.65. The van der Waals surface area contributed by atoms with Gasteiger partial charge in [0.15, 0.2) is 0 Å². The number of thiophene rings is 1. The minimum Gasteiger partial charge on any atom is -0.317 e. The number of amides is 2. The highest BCUT2D eigenvalue weighted by molar-refractivity contribution is 7.14. The number of carbonyl (C=O) groups is 2. The van der Waals surface area contributed by atoms with E-state index in [-0.39, 0.29) is 23.7 Å². The van der Waals surface area contributed by atoms with Crippen molar-refractivity contribution in [1.82, 2.24) is 0 Å². The molecule has 0 aliphatic carbocycles. The van der Waals surface area contributed by atoms with Gasteiger partial charge in [-0.2, -0.15) is 5.26 Å². The Bertz CT molecular complexity index is 845. The van der Waals surface area contributed by atoms with Crippen LogP contribution < -0.4 is 10.2 Å². The van der Waals surface area contributed by atoms with Crippen molar-refractivity contribution in [3.05, 3.63) is 46.8 Å². The smallest absolute Gasteiger partial charge is 0.226 e. The zero-order valence-corrected chi connectivity index (χ0v) is 17.0. The fourth-order valence-corrected chi connectivity index (χ4v) is 3.82. The summed E-state index contributed by atoms with van der Waals surface area (Å²) in [5, 5.41) is 14.8. The highest BCUT2D eigenvalue weighted by Gasteiger charge is 2.23. The molecule has 1 aromatic heterocycles. The van der Waals surface area contributed by atoms with Gasteiger partial charge in [0.1, 0.15) is 11.1 Å². The molecule has 2 aromatic rings. The number of nitriles is 1. The van der Waals surface area contributed by atoms with Gasteiger partial charge in [-0.25, -0.2) is 0 Å². The van der Waals surface area contributed by atoms with Gasteiger partial charge in [-0.05, 0) is 34.9 Å². The number of nitrogens with zero attached hydrogens (tertiary/aromatic N) is 2. The molecule has 0 spiro atoms. The Kier molecular flexibility index (Phi) is 6.75. The average Bonchev–Trinajstić information content (AvgIpc) is 3.04. The van der Waals surface area contributed by atoms with Crippen molar-refractivity contribution in [2.75, 3.05) is 17.3 Å². The third-order valence-corrected chi connectivity index (χ3v) is 5.17. The molecule has 6 heteroatoms. The Morgan fingerprint density at radius 1 is 1.19 bits per heavy atom. The van der Waals surface area contributed by atoms with Crippen LogP contribution in [-0.2, 0) is 15.0 Å². The molecule has 0 bridgehead atoms. The van der Waals surface area contributed by atoms with Gasteiger partial charge < -0.3 is 10.2 Å². The Balaban J connectivity index is 1.88. The molecule has 0 radical (unpaired) electrons. The van der Waals surface area contributed by atoms with Crippen LogP contribution in [0.3, 0.4) is 0 Å². The van der Waals surface area contributed by atoms with E-state index >= 15 is 0 Å². The van der Waals surface area contributed by atoms with E-state index < -0.39 is 0 Å². The molecule has 142 valence electrons. The number of benzene rings is 1. The van der Waals surface area contributed by atoms with Crippen LogP contribution in [0.4, 0.5) is 10.7 Å². The fraction of sp³-hybridized carbons (Fsp3) is 0.381. The van der Waals surface area contributed by atoms with Crippen molar-refractivity contribution >= 4 is 33.8 Å². The summed E-state index contributed by atoms with van der Waals surface area (Å²) < 4.78 is 0. The molecule has 0 atom stereocenters. The normalized spacial score (nSPS) is 10.9. The summed E-state index contributed by atoms with van der Waals surface area (Å²) in [5.74, 6) is -0.207. The topological polar surface area (TPSA) is 73.2 Å². The molecule has 0 saturated carbocycles. The molecule has 2 rings (SSSR count). The van der Waals surface area contributed by atoms with E-state index in [4.69, 9.17) is 0 Å². The van der Waals surface area contributed by atoms with E-state index in [9.17, 15) is 14.9 Å². The second-order valence-electron chi connectivity index (χ2n) is 7.41. The molecule has 0 saturated heterocycles. The molecule has 0 unspecified atom stereocenters. The van der Waals surface area contributed by atoms with Crippen LogP contribution in [0.15, 0.2) is 35.7 Å². The maximum Gasteiger partial charge on any atom is 0.226 e. The molecular weight excluding hydrogens is 358 g/mol. The lowest BCUT2D eigenvalue weighted by Crippen LogP contribution is -2.26. The lowest BCUT2D eigenvalue weighted by atomic mass is 9.86. The molecular formula is C21H25N3O2S. The van der Waals surface area contributed by atoms with Gasteiger partial charge >= 0.3 is 0 Å². The lowest BCUT2D eigenvalue weighted by molar-refractivity contribution is -0.118. The quantitative estimate of drug-likeness (QED) is 0.786. The van der Waals surface area contributed by atoms with E-state index in [1.54, 1.807) is 11.9 Å². The van der Waals surface area contributed by atoms with Crippen LogP contribution in [0, 0.1) is 11.3 Å². The molecule has 27 heavy (non-hydrogen) atoms. The summed E-state index contributed by atoms with van der Waals surface area (Å²) in [6, 6.07) is 11.6. The third-order valence-electron chi connectivity index (χ3n) is 4.28. The van der Waals surface area contributed by atoms with E-state index in [2.05, 4.69) is 11.4 Å². The first-order valence-electron chi connectivity index (χ1n) is 8.87. The number of carbonyl (C=O) groups excluding carboxylic acids is 2. The van der Waals surface area contributed by atoms with Gasteiger partial charge in [-0.15, -0.1) is 11.3 Å². The summed E-state index contributed by atoms with van der Waals surface area (Å²) in [5.41, 5.74) is 2.14. The highest BCUT2D eigenvalue weighted by atomic mass is 32.1. The average molecular weight is 384 g/mol. The van der Waals surface area contributed by atoms with Crippen LogP contribution in [-0.4, -0.2) is 18.9 Å². The van der Waals surface area contributed by atoms with Gasteiger partial charge in [-0.3, -0.25) is 9.59 Å². The molecule has 1 heterocycles. The number of rotatable bonds is 6. The Morgan fingerprint density at radius 2 is 1.85 bits per heavy atom. The summed E-state index contributed by atoms with van der Waals surface area (Å²) >= 11 is 1.37. The zero-order chi connectivity index (χ0) is 20.0. The zero-order valence-electron chi connectivity index (χ0n) is 16.2. The Labute approximate surface area is 164 Å². The van der Waals surface area contributed by atoms with Gasteiger partial charge in [0, 0.05) is 25.6 Å². The van der Waals surface area contributed by atoms with Gasteiger partial charge in [0.2, 0.25) is 11.8 Å². The van der Waals surface area contributed by atoms with E-state index in [0.717, 1.165) is 11.3 Å². The molecule has 2 amide bonds. The molecule has 0 aliphatic heterocycles. The second kappa shape index (κ2) is 8.83. The highest BCUT2D eigenvalue weighted by Crippen LogP contribution is 2.35. The minimum atomic E-state index is -0.177. The minimum absolute atomic E-state index is 0.0298. The van der Waals surface area contributed by atoms with Crippen molar-refractivity contribution in [2.24, 2.45) is 0 Å². The predicted molar refractivity (Wildman–Crippen MR) is 110 cm³/mol. The molecule has 5 nitrogen and oxygen atoms in total. The first-order valence-corrected chi connectivity index (χ1v) is 9.75. The number of hydrogen-bond acceptors (Lipinski definition) is 4. The van der Waals surface area contributed by atoms with Crippen LogP contribution >= 0.6 is 11.3 Å². The van der Waals surface area contributed by atoms with Crippen LogP contribution in [0.2, 0.25) is 0 Å². The lowest BCUT2D eigenvalue weighted by Gasteiger charge is -2.17. The molecule has 1 aromatic carbocycles. The standard InChI is InChI=1S/C21H25N3O2S/c1-21(2,3)17-14-27-20(16(17)13-22)23-18(25)11-8-12-19(26)24(4)15-9-6-5-7-10-15/h5-7,9-10,14H,8,11-12H2,1-4H3,(H,23,25). The number of anilines is 2. The fourth-order valence-electron chi connectivity index (χ4n) is 2.67. The summed E-state index contributed by atoms with van der Waals surface area (Å²) in [6.07, 6.45) is 0.991. The maximum atomic E-state index is 12.3. The largest absolute Gasteiger partial charge is 0.317 e. The van der Waals surface area contributed by atoms with Crippen LogP contribution in [0.1, 0.15) is 51.2 Å². The van der Waals surface area contributed by atoms with Crippen LogP contribution in [0.5, 0.6) is 0 Å². The number of para-hydroxylation sites is 1. The number of nitrogens with one attached hydrogen (secondary N) is 1. The van der Waals surface area contributed by atoms with E-state index in [1.807, 2.05) is 56.5 Å². The first kappa shape index (κ1) is 20.7.